The quantitative estimate of drug-likeness (QED) is 0.568. The molecule has 0 bridgehead atoms. The van der Waals surface area contributed by atoms with Crippen molar-refractivity contribution in [1.29, 1.82) is 5.26 Å². The summed E-state index contributed by atoms with van der Waals surface area (Å²) in [6.45, 7) is 1.64. The Bertz CT molecular complexity index is 1120. The molecular weight excluding hydrogens is 423 g/mol. The summed E-state index contributed by atoms with van der Waals surface area (Å²) >= 11 is 0. The molecule has 1 aromatic carbocycles. The zero-order valence-electron chi connectivity index (χ0n) is 17.2. The molecule has 0 saturated heterocycles. The van der Waals surface area contributed by atoms with Crippen LogP contribution in [0.5, 0.6) is 5.75 Å². The van der Waals surface area contributed by atoms with Crippen LogP contribution in [-0.4, -0.2) is 33.5 Å². The number of aryl methyl sites for hydroxylation is 1. The van der Waals surface area contributed by atoms with Crippen LogP contribution >= 0.6 is 0 Å². The van der Waals surface area contributed by atoms with E-state index in [4.69, 9.17) is 10.00 Å². The van der Waals surface area contributed by atoms with Gasteiger partial charge in [0, 0.05) is 18.5 Å². The highest BCUT2D eigenvalue weighted by molar-refractivity contribution is 5.91. The third kappa shape index (κ3) is 6.84. The Labute approximate surface area is 182 Å². The van der Waals surface area contributed by atoms with Crippen molar-refractivity contribution >= 4 is 11.7 Å². The molecule has 2 heterocycles. The molecule has 0 fully saturated rings. The molecule has 1 amide bonds. The molecule has 0 aliphatic rings. The summed E-state index contributed by atoms with van der Waals surface area (Å²) in [5, 5.41) is 15.8. The fraction of sp³-hybridized carbons (Fsp3) is 0.273. The smallest absolute Gasteiger partial charge is 0.392 e. The normalized spacial score (nSPS) is 11.1. The number of nitrogens with one attached hydrogen (secondary N) is 1. The highest BCUT2D eigenvalue weighted by Gasteiger charge is 2.26. The second kappa shape index (κ2) is 9.96. The minimum absolute atomic E-state index is 0.0771. The Balaban J connectivity index is 1.52. The number of hydrogen-bond acceptors (Lipinski definition) is 5. The molecular formula is C22H20F3N5O2. The molecule has 2 aromatic heterocycles. The number of carbonyl (C=O) groups is 1. The van der Waals surface area contributed by atoms with Gasteiger partial charge in [0.25, 0.3) is 0 Å². The van der Waals surface area contributed by atoms with Crippen LogP contribution in [0, 0.1) is 18.3 Å². The van der Waals surface area contributed by atoms with E-state index in [1.54, 1.807) is 54.2 Å². The Morgan fingerprint density at radius 3 is 2.72 bits per heavy atom. The van der Waals surface area contributed by atoms with Gasteiger partial charge in [-0.1, -0.05) is 12.1 Å². The number of halogens is 3. The van der Waals surface area contributed by atoms with Gasteiger partial charge in [0.15, 0.2) is 5.82 Å². The van der Waals surface area contributed by atoms with Crippen molar-refractivity contribution in [3.05, 3.63) is 71.2 Å². The van der Waals surface area contributed by atoms with E-state index in [0.717, 1.165) is 5.69 Å². The van der Waals surface area contributed by atoms with Gasteiger partial charge in [-0.25, -0.2) is 0 Å². The SMILES string of the molecule is Cc1cc(CC(=O)Nc2ccn(Cc3ccc(C#N)cn3)n2)ccc1OCCC(F)(F)F. The fourth-order valence-electron chi connectivity index (χ4n) is 2.90. The molecule has 0 radical (unpaired) electrons. The molecule has 10 heteroatoms. The van der Waals surface area contributed by atoms with Crippen LogP contribution in [0.25, 0.3) is 0 Å². The lowest BCUT2D eigenvalue weighted by Gasteiger charge is -2.12. The fourth-order valence-corrected chi connectivity index (χ4v) is 2.90. The van der Waals surface area contributed by atoms with Gasteiger partial charge in [0.2, 0.25) is 5.91 Å². The number of benzene rings is 1. The first-order chi connectivity index (χ1) is 15.2. The summed E-state index contributed by atoms with van der Waals surface area (Å²) < 4.78 is 43.5. The number of amides is 1. The average Bonchev–Trinajstić information content (AvgIpc) is 3.16. The van der Waals surface area contributed by atoms with Crippen LogP contribution in [0.1, 0.15) is 28.8 Å². The largest absolute Gasteiger partial charge is 0.493 e. The number of aromatic nitrogens is 3. The predicted octanol–water partition coefficient (Wildman–Crippen LogP) is 4.02. The molecule has 3 aromatic rings. The first-order valence-corrected chi connectivity index (χ1v) is 9.69. The number of pyridine rings is 1. The Kier molecular flexibility index (Phi) is 7.10. The highest BCUT2D eigenvalue weighted by Crippen LogP contribution is 2.23. The summed E-state index contributed by atoms with van der Waals surface area (Å²) in [5.74, 6) is 0.456. The van der Waals surface area contributed by atoms with Crippen molar-refractivity contribution in [2.24, 2.45) is 0 Å². The Morgan fingerprint density at radius 1 is 1.25 bits per heavy atom. The van der Waals surface area contributed by atoms with E-state index < -0.39 is 19.2 Å². The van der Waals surface area contributed by atoms with E-state index in [1.165, 1.54) is 6.20 Å². The maximum absolute atomic E-state index is 12.3. The standard InChI is InChI=1S/C22H20F3N5O2/c1-15-10-16(3-5-19(15)32-9-7-22(23,24)25)11-21(31)28-20-6-8-30(29-20)14-18-4-2-17(12-26)13-27-18/h2-6,8,10,13H,7,9,11,14H2,1H3,(H,28,29,31). The number of ether oxygens (including phenoxy) is 1. The number of alkyl halides is 3. The summed E-state index contributed by atoms with van der Waals surface area (Å²) in [6.07, 6.45) is -2.03. The summed E-state index contributed by atoms with van der Waals surface area (Å²) in [4.78, 5) is 16.5. The van der Waals surface area contributed by atoms with Crippen molar-refractivity contribution in [2.45, 2.75) is 32.5 Å². The van der Waals surface area contributed by atoms with Crippen molar-refractivity contribution in [2.75, 3.05) is 11.9 Å². The van der Waals surface area contributed by atoms with Crippen molar-refractivity contribution in [1.82, 2.24) is 14.8 Å². The molecule has 166 valence electrons. The predicted molar refractivity (Wildman–Crippen MR) is 110 cm³/mol. The van der Waals surface area contributed by atoms with Crippen LogP contribution in [-0.2, 0) is 17.8 Å². The van der Waals surface area contributed by atoms with Crippen molar-refractivity contribution in [3.63, 3.8) is 0 Å². The van der Waals surface area contributed by atoms with E-state index in [9.17, 15) is 18.0 Å². The van der Waals surface area contributed by atoms with Gasteiger partial charge in [-0.05, 0) is 36.2 Å². The van der Waals surface area contributed by atoms with Crippen LogP contribution in [0.4, 0.5) is 19.0 Å². The number of nitriles is 1. The lowest BCUT2D eigenvalue weighted by atomic mass is 10.1. The topological polar surface area (TPSA) is 92.8 Å². The molecule has 0 saturated carbocycles. The lowest BCUT2D eigenvalue weighted by Crippen LogP contribution is -2.15. The van der Waals surface area contributed by atoms with Crippen LogP contribution in [0.15, 0.2) is 48.8 Å². The highest BCUT2D eigenvalue weighted by atomic mass is 19.4. The van der Waals surface area contributed by atoms with Crippen LogP contribution < -0.4 is 10.1 Å². The zero-order chi connectivity index (χ0) is 23.1. The molecule has 1 N–H and O–H groups in total. The molecule has 7 nitrogen and oxygen atoms in total. The third-order valence-electron chi connectivity index (χ3n) is 4.43. The number of rotatable bonds is 8. The van der Waals surface area contributed by atoms with E-state index >= 15 is 0 Å². The zero-order valence-corrected chi connectivity index (χ0v) is 17.2. The second-order valence-electron chi connectivity index (χ2n) is 7.09. The van der Waals surface area contributed by atoms with Gasteiger partial charge in [-0.3, -0.25) is 14.5 Å². The Morgan fingerprint density at radius 2 is 2.06 bits per heavy atom. The van der Waals surface area contributed by atoms with Crippen molar-refractivity contribution in [3.8, 4) is 11.8 Å². The van der Waals surface area contributed by atoms with Gasteiger partial charge in [-0.2, -0.15) is 23.5 Å². The summed E-state index contributed by atoms with van der Waals surface area (Å²) in [7, 11) is 0. The molecule has 32 heavy (non-hydrogen) atoms. The van der Waals surface area contributed by atoms with E-state index in [2.05, 4.69) is 15.4 Å². The van der Waals surface area contributed by atoms with Crippen LogP contribution in [0.3, 0.4) is 0 Å². The van der Waals surface area contributed by atoms with Gasteiger partial charge in [0.1, 0.15) is 11.8 Å². The third-order valence-corrected chi connectivity index (χ3v) is 4.43. The maximum atomic E-state index is 12.3. The average molecular weight is 443 g/mol. The summed E-state index contributed by atoms with van der Waals surface area (Å²) in [6, 6.07) is 12.0. The van der Waals surface area contributed by atoms with E-state index in [-0.39, 0.29) is 12.3 Å². The number of carbonyl (C=O) groups excluding carboxylic acids is 1. The van der Waals surface area contributed by atoms with Gasteiger partial charge < -0.3 is 10.1 Å². The minimum Gasteiger partial charge on any atom is -0.493 e. The van der Waals surface area contributed by atoms with Crippen LogP contribution in [0.2, 0.25) is 0 Å². The molecule has 0 aliphatic heterocycles. The van der Waals surface area contributed by atoms with Gasteiger partial charge in [0.05, 0.1) is 37.3 Å². The molecule has 3 rings (SSSR count). The van der Waals surface area contributed by atoms with E-state index in [0.29, 0.717) is 34.8 Å². The molecule has 0 aliphatic carbocycles. The number of hydrogen-bond donors (Lipinski definition) is 1. The van der Waals surface area contributed by atoms with Crippen molar-refractivity contribution < 1.29 is 22.7 Å². The number of anilines is 1. The number of nitrogens with zero attached hydrogens (tertiary/aromatic N) is 4. The first kappa shape index (κ1) is 22.8. The maximum Gasteiger partial charge on any atom is 0.392 e. The van der Waals surface area contributed by atoms with Gasteiger partial charge >= 0.3 is 6.18 Å². The monoisotopic (exact) mass is 443 g/mol. The summed E-state index contributed by atoms with van der Waals surface area (Å²) in [5.41, 5.74) is 2.54. The second-order valence-corrected chi connectivity index (χ2v) is 7.09. The first-order valence-electron chi connectivity index (χ1n) is 9.69. The minimum atomic E-state index is -4.27. The molecule has 0 unspecified atom stereocenters. The molecule has 0 atom stereocenters. The lowest BCUT2D eigenvalue weighted by molar-refractivity contribution is -0.139. The van der Waals surface area contributed by atoms with Gasteiger partial charge in [-0.15, -0.1) is 0 Å². The Hall–Kier alpha value is -3.87. The van der Waals surface area contributed by atoms with E-state index in [1.807, 2.05) is 6.07 Å². The molecule has 0 spiro atoms.